The minimum absolute atomic E-state index is 0.0472. The Morgan fingerprint density at radius 3 is 2.38 bits per heavy atom. The zero-order chi connectivity index (χ0) is 24.8. The molecule has 178 valence electrons. The molecule has 34 heavy (non-hydrogen) atoms. The molecule has 9 heteroatoms. The molecule has 3 aromatic rings. The van der Waals surface area contributed by atoms with E-state index in [2.05, 4.69) is 0 Å². The fourth-order valence-corrected chi connectivity index (χ4v) is 4.57. The standard InChI is InChI=1S/C25H26ClN3O4S/c1-17(2)28(25(31)20-9-10-21(26)22(13-20)29(32)33)16-24(30)27(14-19-7-5-4-6-8-19)15-23-18(3)11-12-34-23/h4-13,17H,14-16H2,1-3H3. The smallest absolute Gasteiger partial charge is 0.288 e. The van der Waals surface area contributed by atoms with Crippen molar-refractivity contribution in [2.24, 2.45) is 0 Å². The summed E-state index contributed by atoms with van der Waals surface area (Å²) in [5.41, 5.74) is 1.87. The van der Waals surface area contributed by atoms with Crippen LogP contribution in [0.25, 0.3) is 0 Å². The number of hydrogen-bond acceptors (Lipinski definition) is 5. The molecule has 0 bridgehead atoms. The van der Waals surface area contributed by atoms with Crippen LogP contribution < -0.4 is 0 Å². The van der Waals surface area contributed by atoms with Crippen LogP contribution in [0.2, 0.25) is 5.02 Å². The lowest BCUT2D eigenvalue weighted by molar-refractivity contribution is -0.384. The van der Waals surface area contributed by atoms with E-state index in [4.69, 9.17) is 11.6 Å². The van der Waals surface area contributed by atoms with Crippen molar-refractivity contribution < 1.29 is 14.5 Å². The molecule has 3 rings (SSSR count). The van der Waals surface area contributed by atoms with Gasteiger partial charge in [-0.15, -0.1) is 11.3 Å². The number of halogens is 1. The Labute approximate surface area is 207 Å². The van der Waals surface area contributed by atoms with Gasteiger partial charge >= 0.3 is 0 Å². The highest BCUT2D eigenvalue weighted by Gasteiger charge is 2.27. The maximum atomic E-state index is 13.5. The normalized spacial score (nSPS) is 10.9. The Kier molecular flexibility index (Phi) is 8.41. The molecule has 2 aromatic carbocycles. The largest absolute Gasteiger partial charge is 0.332 e. The number of nitrogens with zero attached hydrogens (tertiary/aromatic N) is 3. The number of aryl methyl sites for hydroxylation is 1. The van der Waals surface area contributed by atoms with E-state index >= 15 is 0 Å². The first-order valence-corrected chi connectivity index (χ1v) is 12.0. The van der Waals surface area contributed by atoms with Gasteiger partial charge in [-0.05, 0) is 55.5 Å². The SMILES string of the molecule is Cc1ccsc1CN(Cc1ccccc1)C(=O)CN(C(=O)c1ccc(Cl)c([N+](=O)[O-])c1)C(C)C. The fourth-order valence-electron chi connectivity index (χ4n) is 3.46. The number of amides is 2. The Bertz CT molecular complexity index is 1180. The third-order valence-corrected chi connectivity index (χ3v) is 6.78. The van der Waals surface area contributed by atoms with Gasteiger partial charge < -0.3 is 9.80 Å². The summed E-state index contributed by atoms with van der Waals surface area (Å²) in [6.07, 6.45) is 0. The predicted octanol–water partition coefficient (Wildman–Crippen LogP) is 5.70. The molecule has 0 unspecified atom stereocenters. The Morgan fingerprint density at radius 1 is 1.09 bits per heavy atom. The van der Waals surface area contributed by atoms with Gasteiger partial charge in [0.05, 0.1) is 11.5 Å². The van der Waals surface area contributed by atoms with Crippen LogP contribution in [0.1, 0.15) is 40.2 Å². The summed E-state index contributed by atoms with van der Waals surface area (Å²) in [6.45, 7) is 6.31. The molecule has 0 aliphatic heterocycles. The molecule has 0 atom stereocenters. The number of nitro groups is 1. The average molecular weight is 500 g/mol. The molecule has 7 nitrogen and oxygen atoms in total. The number of thiophene rings is 1. The van der Waals surface area contributed by atoms with Crippen LogP contribution in [0.5, 0.6) is 0 Å². The van der Waals surface area contributed by atoms with Crippen LogP contribution in [0.4, 0.5) is 5.69 Å². The Balaban J connectivity index is 1.85. The topological polar surface area (TPSA) is 83.8 Å². The summed E-state index contributed by atoms with van der Waals surface area (Å²) >= 11 is 7.48. The van der Waals surface area contributed by atoms with Crippen LogP contribution in [0, 0.1) is 17.0 Å². The van der Waals surface area contributed by atoms with Gasteiger partial charge in [0.25, 0.3) is 11.6 Å². The Morgan fingerprint density at radius 2 is 1.79 bits per heavy atom. The highest BCUT2D eigenvalue weighted by molar-refractivity contribution is 7.10. The lowest BCUT2D eigenvalue weighted by Gasteiger charge is -2.30. The highest BCUT2D eigenvalue weighted by atomic mass is 35.5. The van der Waals surface area contributed by atoms with Crippen molar-refractivity contribution in [1.82, 2.24) is 9.80 Å². The fraction of sp³-hybridized carbons (Fsp3) is 0.280. The monoisotopic (exact) mass is 499 g/mol. The van der Waals surface area contributed by atoms with Crippen molar-refractivity contribution in [2.45, 2.75) is 39.9 Å². The summed E-state index contributed by atoms with van der Waals surface area (Å²) in [5, 5.41) is 13.2. The van der Waals surface area contributed by atoms with Gasteiger partial charge in [-0.25, -0.2) is 0 Å². The Hall–Kier alpha value is -3.23. The van der Waals surface area contributed by atoms with Crippen molar-refractivity contribution in [1.29, 1.82) is 0 Å². The molecular weight excluding hydrogens is 474 g/mol. The van der Waals surface area contributed by atoms with Crippen LogP contribution in [-0.2, 0) is 17.9 Å². The lowest BCUT2D eigenvalue weighted by Crippen LogP contribution is -2.45. The van der Waals surface area contributed by atoms with Crippen LogP contribution in [-0.4, -0.2) is 39.1 Å². The molecule has 0 saturated heterocycles. The van der Waals surface area contributed by atoms with Crippen LogP contribution >= 0.6 is 22.9 Å². The van der Waals surface area contributed by atoms with Crippen LogP contribution in [0.15, 0.2) is 60.0 Å². The zero-order valence-corrected chi connectivity index (χ0v) is 20.8. The summed E-state index contributed by atoms with van der Waals surface area (Å²) in [6, 6.07) is 15.3. The molecule has 1 aromatic heterocycles. The first-order chi connectivity index (χ1) is 16.2. The van der Waals surface area contributed by atoms with E-state index < -0.39 is 10.8 Å². The van der Waals surface area contributed by atoms with E-state index in [0.29, 0.717) is 13.1 Å². The molecule has 0 fully saturated rings. The predicted molar refractivity (Wildman–Crippen MR) is 134 cm³/mol. The highest BCUT2D eigenvalue weighted by Crippen LogP contribution is 2.26. The van der Waals surface area contributed by atoms with Crippen LogP contribution in [0.3, 0.4) is 0 Å². The third kappa shape index (κ3) is 6.21. The molecule has 0 saturated carbocycles. The summed E-state index contributed by atoms with van der Waals surface area (Å²) in [5.74, 6) is -0.669. The lowest BCUT2D eigenvalue weighted by atomic mass is 10.1. The first kappa shape index (κ1) is 25.4. The summed E-state index contributed by atoms with van der Waals surface area (Å²) in [7, 11) is 0. The minimum atomic E-state index is -0.630. The molecule has 0 aliphatic rings. The van der Waals surface area contributed by atoms with E-state index in [0.717, 1.165) is 22.1 Å². The summed E-state index contributed by atoms with van der Waals surface area (Å²) in [4.78, 5) is 41.6. The van der Waals surface area contributed by atoms with Gasteiger partial charge in [0.15, 0.2) is 0 Å². The van der Waals surface area contributed by atoms with Gasteiger partial charge in [0.1, 0.15) is 11.6 Å². The van der Waals surface area contributed by atoms with Gasteiger partial charge in [-0.1, -0.05) is 41.9 Å². The molecule has 0 N–H and O–H groups in total. The number of nitro benzene ring substituents is 1. The molecule has 2 amide bonds. The zero-order valence-electron chi connectivity index (χ0n) is 19.2. The van der Waals surface area contributed by atoms with Crippen molar-refractivity contribution in [3.05, 3.63) is 96.7 Å². The van der Waals surface area contributed by atoms with Gasteiger partial charge in [0, 0.05) is 29.1 Å². The number of rotatable bonds is 9. The van der Waals surface area contributed by atoms with Crippen molar-refractivity contribution in [3.63, 3.8) is 0 Å². The maximum Gasteiger partial charge on any atom is 0.288 e. The number of carbonyl (C=O) groups excluding carboxylic acids is 2. The maximum absolute atomic E-state index is 13.5. The second-order valence-electron chi connectivity index (χ2n) is 8.21. The van der Waals surface area contributed by atoms with Crippen molar-refractivity contribution >= 4 is 40.4 Å². The second-order valence-corrected chi connectivity index (χ2v) is 9.62. The molecule has 0 aliphatic carbocycles. The molecular formula is C25H26ClN3O4S. The number of hydrogen-bond donors (Lipinski definition) is 0. The van der Waals surface area contributed by atoms with E-state index in [1.165, 1.54) is 17.0 Å². The average Bonchev–Trinajstić information content (AvgIpc) is 3.21. The van der Waals surface area contributed by atoms with Gasteiger partial charge in [0.2, 0.25) is 5.91 Å². The first-order valence-electron chi connectivity index (χ1n) is 10.8. The number of carbonyl (C=O) groups is 2. The van der Waals surface area contributed by atoms with E-state index in [9.17, 15) is 19.7 Å². The number of benzene rings is 2. The van der Waals surface area contributed by atoms with E-state index in [1.54, 1.807) is 30.1 Å². The quantitative estimate of drug-likeness (QED) is 0.279. The van der Waals surface area contributed by atoms with Crippen molar-refractivity contribution in [2.75, 3.05) is 6.54 Å². The third-order valence-electron chi connectivity index (χ3n) is 5.45. The van der Waals surface area contributed by atoms with Gasteiger partial charge in [-0.3, -0.25) is 19.7 Å². The van der Waals surface area contributed by atoms with E-state index in [-0.39, 0.29) is 34.8 Å². The molecule has 0 spiro atoms. The van der Waals surface area contributed by atoms with Gasteiger partial charge in [-0.2, -0.15) is 0 Å². The molecule has 0 radical (unpaired) electrons. The van der Waals surface area contributed by atoms with Crippen molar-refractivity contribution in [3.8, 4) is 0 Å². The minimum Gasteiger partial charge on any atom is -0.332 e. The van der Waals surface area contributed by atoms with E-state index in [1.807, 2.05) is 48.7 Å². The second kappa shape index (κ2) is 11.3. The summed E-state index contributed by atoms with van der Waals surface area (Å²) < 4.78 is 0. The molecule has 1 heterocycles.